The number of anilines is 1. The predicted octanol–water partition coefficient (Wildman–Crippen LogP) is 2.02. The molecule has 10 nitrogen and oxygen atoms in total. The van der Waals surface area contributed by atoms with E-state index in [2.05, 4.69) is 55.9 Å². The molecule has 0 unspecified atom stereocenters. The molecule has 0 saturated heterocycles. The van der Waals surface area contributed by atoms with Crippen LogP contribution in [0.2, 0.25) is 0 Å². The Kier molecular flexibility index (Phi) is 8.41. The number of hydrogen-bond acceptors (Lipinski definition) is 7. The summed E-state index contributed by atoms with van der Waals surface area (Å²) in [6.45, 7) is 2.34. The summed E-state index contributed by atoms with van der Waals surface area (Å²) in [5.74, 6) is 0.450. The van der Waals surface area contributed by atoms with Gasteiger partial charge in [-0.1, -0.05) is 0 Å². The maximum Gasteiger partial charge on any atom is 0.290 e. The highest BCUT2D eigenvalue weighted by Gasteiger charge is 2.16. The predicted molar refractivity (Wildman–Crippen MR) is 123 cm³/mol. The number of nitrogens with two attached hydrogens (primary N) is 1. The van der Waals surface area contributed by atoms with Crippen LogP contribution in [0.1, 0.15) is 34.8 Å². The van der Waals surface area contributed by atoms with Crippen molar-refractivity contribution in [3.05, 3.63) is 41.5 Å². The molecule has 3 N–H and O–H groups in total. The molecule has 3 aromatic heterocycles. The molecule has 1 aromatic carbocycles. The van der Waals surface area contributed by atoms with Crippen LogP contribution in [0.4, 0.5) is 10.3 Å². The van der Waals surface area contributed by atoms with E-state index in [-0.39, 0.29) is 23.5 Å². The number of carbonyl (C=O) groups is 1. The zero-order chi connectivity index (χ0) is 24.5. The topological polar surface area (TPSA) is 131 Å². The molecule has 0 saturated carbocycles. The first-order chi connectivity index (χ1) is 15.9. The number of amides is 1. The van der Waals surface area contributed by atoms with Gasteiger partial charge in [0.05, 0.1) is 5.52 Å². The third kappa shape index (κ3) is 5.40. The van der Waals surface area contributed by atoms with Gasteiger partial charge in [-0.05, 0) is 37.5 Å². The van der Waals surface area contributed by atoms with Crippen molar-refractivity contribution < 1.29 is 9.18 Å². The van der Waals surface area contributed by atoms with Gasteiger partial charge in [-0.2, -0.15) is 9.61 Å². The molecule has 0 radical (unpaired) electrons. The highest BCUT2D eigenvalue weighted by molar-refractivity contribution is 5.94. The molecule has 0 spiro atoms. The molecule has 11 heteroatoms. The lowest BCUT2D eigenvalue weighted by molar-refractivity contribution is 0.0781. The van der Waals surface area contributed by atoms with E-state index in [0.29, 0.717) is 40.9 Å². The number of aromatic nitrogens is 7. The minimum atomic E-state index is -0.354. The van der Waals surface area contributed by atoms with Gasteiger partial charge in [0.15, 0.2) is 11.5 Å². The maximum absolute atomic E-state index is 13.9. The van der Waals surface area contributed by atoms with Crippen molar-refractivity contribution in [2.24, 2.45) is 0 Å². The molecule has 4 aromatic rings. The number of rotatable bonds is 6. The number of halogens is 1. The molecule has 4 rings (SSSR count). The second-order valence-electron chi connectivity index (χ2n) is 6.87. The van der Waals surface area contributed by atoms with Crippen LogP contribution in [-0.2, 0) is 6.42 Å². The minimum absolute atomic E-state index is 0.207. The number of nitrogen functional groups attached to an aromatic ring is 1. The molecule has 0 atom stereocenters. The first-order valence-corrected chi connectivity index (χ1v) is 9.82. The van der Waals surface area contributed by atoms with Gasteiger partial charge in [0.1, 0.15) is 12.1 Å². The number of nitrogens with one attached hydrogen (secondary N) is 1. The SMILES string of the molecule is C#C.C#C.Cc1cc(F)cc2c1nc(N)n1nc(CCCCN(C)C(=O)c3ncn[nH]3)nc21. The van der Waals surface area contributed by atoms with Crippen LogP contribution in [0.3, 0.4) is 0 Å². The molecule has 0 fully saturated rings. The second kappa shape index (κ2) is 11.2. The van der Waals surface area contributed by atoms with Crippen LogP contribution < -0.4 is 5.73 Å². The quantitative estimate of drug-likeness (QED) is 0.340. The van der Waals surface area contributed by atoms with Crippen LogP contribution in [0, 0.1) is 38.4 Å². The van der Waals surface area contributed by atoms with Crippen molar-refractivity contribution in [2.75, 3.05) is 19.3 Å². The van der Waals surface area contributed by atoms with Gasteiger partial charge >= 0.3 is 0 Å². The first-order valence-electron chi connectivity index (χ1n) is 9.82. The normalized spacial score (nSPS) is 10.2. The third-order valence-electron chi connectivity index (χ3n) is 4.71. The Labute approximate surface area is 190 Å². The average molecular weight is 449 g/mol. The lowest BCUT2D eigenvalue weighted by Gasteiger charge is -2.14. The Hall–Kier alpha value is -4.51. The van der Waals surface area contributed by atoms with Crippen molar-refractivity contribution in [3.63, 3.8) is 0 Å². The van der Waals surface area contributed by atoms with Gasteiger partial charge in [0.25, 0.3) is 5.91 Å². The van der Waals surface area contributed by atoms with Crippen molar-refractivity contribution in [2.45, 2.75) is 26.2 Å². The van der Waals surface area contributed by atoms with E-state index in [9.17, 15) is 9.18 Å². The third-order valence-corrected chi connectivity index (χ3v) is 4.71. The Morgan fingerprint density at radius 2 is 1.94 bits per heavy atom. The van der Waals surface area contributed by atoms with Crippen molar-refractivity contribution in [3.8, 4) is 25.7 Å². The molecule has 170 valence electrons. The molecule has 0 bridgehead atoms. The van der Waals surface area contributed by atoms with Gasteiger partial charge in [-0.3, -0.25) is 9.89 Å². The van der Waals surface area contributed by atoms with Gasteiger partial charge in [0.2, 0.25) is 11.8 Å². The van der Waals surface area contributed by atoms with Crippen LogP contribution in [0.25, 0.3) is 16.6 Å². The molecule has 0 aliphatic rings. The molecule has 0 aliphatic heterocycles. The molecular formula is C22H24FN9O. The first kappa shape index (κ1) is 24.8. The van der Waals surface area contributed by atoms with E-state index in [1.807, 2.05) is 0 Å². The number of hydrogen-bond donors (Lipinski definition) is 2. The molecule has 1 amide bonds. The summed E-state index contributed by atoms with van der Waals surface area (Å²) < 4.78 is 15.3. The van der Waals surface area contributed by atoms with E-state index in [1.165, 1.54) is 23.0 Å². The number of H-pyrrole nitrogens is 1. The number of fused-ring (bicyclic) bond motifs is 3. The Balaban J connectivity index is 0.000000914. The number of benzene rings is 1. The lowest BCUT2D eigenvalue weighted by atomic mass is 10.1. The Morgan fingerprint density at radius 1 is 1.21 bits per heavy atom. The summed E-state index contributed by atoms with van der Waals surface area (Å²) in [6, 6.07) is 2.81. The van der Waals surface area contributed by atoms with Gasteiger partial charge < -0.3 is 10.6 Å². The van der Waals surface area contributed by atoms with Crippen molar-refractivity contribution in [1.82, 2.24) is 39.7 Å². The fourth-order valence-corrected chi connectivity index (χ4v) is 3.23. The van der Waals surface area contributed by atoms with Crippen LogP contribution in [0.15, 0.2) is 18.5 Å². The van der Waals surface area contributed by atoms with Crippen molar-refractivity contribution in [1.29, 1.82) is 0 Å². The van der Waals surface area contributed by atoms with Crippen LogP contribution >= 0.6 is 0 Å². The number of nitrogens with zero attached hydrogens (tertiary/aromatic N) is 7. The summed E-state index contributed by atoms with van der Waals surface area (Å²) in [6.07, 6.45) is 19.4. The fourth-order valence-electron chi connectivity index (χ4n) is 3.23. The van der Waals surface area contributed by atoms with E-state index in [4.69, 9.17) is 5.73 Å². The van der Waals surface area contributed by atoms with E-state index >= 15 is 0 Å². The van der Waals surface area contributed by atoms with Crippen LogP contribution in [-0.4, -0.2) is 59.2 Å². The van der Waals surface area contributed by atoms with Gasteiger partial charge in [-0.25, -0.2) is 19.3 Å². The van der Waals surface area contributed by atoms with Crippen LogP contribution in [0.5, 0.6) is 0 Å². The number of aromatic amines is 1. The van der Waals surface area contributed by atoms with Gasteiger partial charge in [-0.15, -0.1) is 30.8 Å². The summed E-state index contributed by atoms with van der Waals surface area (Å²) in [7, 11) is 1.71. The summed E-state index contributed by atoms with van der Waals surface area (Å²) in [5, 5.41) is 11.2. The molecule has 3 heterocycles. The van der Waals surface area contributed by atoms with Crippen molar-refractivity contribution >= 4 is 28.4 Å². The number of aryl methyl sites for hydroxylation is 2. The fraction of sp³-hybridized carbons (Fsp3) is 0.273. The summed E-state index contributed by atoms with van der Waals surface area (Å²) in [5.41, 5.74) is 7.81. The molecule has 0 aliphatic carbocycles. The Bertz CT molecular complexity index is 1270. The smallest absolute Gasteiger partial charge is 0.290 e. The molecular weight excluding hydrogens is 425 g/mol. The standard InChI is InChI=1S/C18H20FN9O.2C2H2/c1-10-7-11(19)8-12-14(10)24-18(20)28-16(12)23-13(26-28)5-3-4-6-27(2)17(29)15-21-9-22-25-15;2*1-2/h7-9H,3-6H2,1-2H3,(H2,20,24)(H,21,22,25);2*1-2H. The van der Waals surface area contributed by atoms with E-state index in [0.717, 1.165) is 12.8 Å². The number of terminal acetylenes is 2. The maximum atomic E-state index is 13.9. The monoisotopic (exact) mass is 449 g/mol. The Morgan fingerprint density at radius 3 is 2.61 bits per heavy atom. The zero-order valence-electron chi connectivity index (χ0n) is 18.4. The van der Waals surface area contributed by atoms with Gasteiger partial charge in [0, 0.05) is 25.4 Å². The highest BCUT2D eigenvalue weighted by Crippen LogP contribution is 2.24. The number of unbranched alkanes of at least 4 members (excludes halogenated alkanes) is 1. The highest BCUT2D eigenvalue weighted by atomic mass is 19.1. The number of carbonyl (C=O) groups excluding carboxylic acids is 1. The second-order valence-corrected chi connectivity index (χ2v) is 6.87. The largest absolute Gasteiger partial charge is 0.368 e. The summed E-state index contributed by atoms with van der Waals surface area (Å²) >= 11 is 0. The molecule has 33 heavy (non-hydrogen) atoms. The minimum Gasteiger partial charge on any atom is -0.368 e. The van der Waals surface area contributed by atoms with E-state index < -0.39 is 0 Å². The average Bonchev–Trinajstić information content (AvgIpc) is 3.50. The lowest BCUT2D eigenvalue weighted by Crippen LogP contribution is -2.28. The zero-order valence-corrected chi connectivity index (χ0v) is 18.4. The summed E-state index contributed by atoms with van der Waals surface area (Å²) in [4.78, 5) is 26.4. The van der Waals surface area contributed by atoms with E-state index in [1.54, 1.807) is 18.9 Å².